The SMILES string of the molecule is CCc1cc2c(N3CCC4(CC(OC)C4)C3)ncnc2s1. The van der Waals surface area contributed by atoms with Crippen LogP contribution in [-0.4, -0.2) is 36.3 Å². The molecule has 3 heterocycles. The van der Waals surface area contributed by atoms with E-state index in [1.165, 1.54) is 29.5 Å². The Labute approximate surface area is 129 Å². The van der Waals surface area contributed by atoms with Crippen LogP contribution in [0.5, 0.6) is 0 Å². The fourth-order valence-corrected chi connectivity index (χ4v) is 4.77. The number of methoxy groups -OCH3 is 1. The van der Waals surface area contributed by atoms with Gasteiger partial charge in [0.15, 0.2) is 0 Å². The van der Waals surface area contributed by atoms with E-state index in [1.54, 1.807) is 17.7 Å². The first-order chi connectivity index (χ1) is 10.2. The van der Waals surface area contributed by atoms with Crippen molar-refractivity contribution in [3.63, 3.8) is 0 Å². The molecule has 2 fully saturated rings. The highest BCUT2D eigenvalue weighted by Gasteiger charge is 2.49. The van der Waals surface area contributed by atoms with E-state index in [4.69, 9.17) is 4.74 Å². The first kappa shape index (κ1) is 13.5. The first-order valence-electron chi connectivity index (χ1n) is 7.74. The number of hydrogen-bond donors (Lipinski definition) is 0. The number of fused-ring (bicyclic) bond motifs is 1. The molecular formula is C16H21N3OS. The van der Waals surface area contributed by atoms with Crippen molar-refractivity contribution in [1.82, 2.24) is 9.97 Å². The molecule has 1 aliphatic carbocycles. The second-order valence-electron chi connectivity index (χ2n) is 6.42. The van der Waals surface area contributed by atoms with E-state index in [1.807, 2.05) is 7.11 Å². The lowest BCUT2D eigenvalue weighted by Crippen LogP contribution is -2.44. The van der Waals surface area contributed by atoms with Crippen LogP contribution >= 0.6 is 11.3 Å². The minimum atomic E-state index is 0.474. The van der Waals surface area contributed by atoms with Gasteiger partial charge in [0, 0.05) is 25.1 Å². The number of thiophene rings is 1. The van der Waals surface area contributed by atoms with Gasteiger partial charge in [0.25, 0.3) is 0 Å². The van der Waals surface area contributed by atoms with Crippen LogP contribution in [0.3, 0.4) is 0 Å². The topological polar surface area (TPSA) is 38.2 Å². The van der Waals surface area contributed by atoms with Gasteiger partial charge in [-0.1, -0.05) is 6.92 Å². The lowest BCUT2D eigenvalue weighted by atomic mass is 9.66. The van der Waals surface area contributed by atoms with Crippen molar-refractivity contribution >= 4 is 27.4 Å². The highest BCUT2D eigenvalue weighted by atomic mass is 32.1. The summed E-state index contributed by atoms with van der Waals surface area (Å²) in [6, 6.07) is 2.28. The zero-order chi connectivity index (χ0) is 14.4. The predicted octanol–water partition coefficient (Wildman–Crippen LogP) is 3.26. The van der Waals surface area contributed by atoms with E-state index in [0.29, 0.717) is 11.5 Å². The van der Waals surface area contributed by atoms with E-state index in [-0.39, 0.29) is 0 Å². The third-order valence-electron chi connectivity index (χ3n) is 5.10. The molecule has 1 saturated heterocycles. The molecule has 0 bridgehead atoms. The monoisotopic (exact) mass is 303 g/mol. The number of nitrogens with zero attached hydrogens (tertiary/aromatic N) is 3. The Bertz CT molecular complexity index is 663. The molecule has 0 radical (unpaired) electrons. The Hall–Kier alpha value is -1.20. The zero-order valence-electron chi connectivity index (χ0n) is 12.6. The van der Waals surface area contributed by atoms with E-state index in [2.05, 4.69) is 27.9 Å². The molecule has 2 aromatic rings. The maximum Gasteiger partial charge on any atom is 0.140 e. The Kier molecular flexibility index (Phi) is 3.15. The fraction of sp³-hybridized carbons (Fsp3) is 0.625. The molecule has 112 valence electrons. The minimum absolute atomic E-state index is 0.474. The second-order valence-corrected chi connectivity index (χ2v) is 7.54. The quantitative estimate of drug-likeness (QED) is 0.872. The summed E-state index contributed by atoms with van der Waals surface area (Å²) in [5, 5.41) is 1.24. The molecule has 1 spiro atoms. The van der Waals surface area contributed by atoms with Gasteiger partial charge in [-0.2, -0.15) is 0 Å². The molecule has 21 heavy (non-hydrogen) atoms. The third kappa shape index (κ3) is 2.14. The van der Waals surface area contributed by atoms with Crippen LogP contribution in [0.1, 0.15) is 31.1 Å². The van der Waals surface area contributed by atoms with Crippen molar-refractivity contribution in [1.29, 1.82) is 0 Å². The Morgan fingerprint density at radius 1 is 1.43 bits per heavy atom. The largest absolute Gasteiger partial charge is 0.381 e. The predicted molar refractivity (Wildman–Crippen MR) is 86.1 cm³/mol. The molecule has 0 unspecified atom stereocenters. The van der Waals surface area contributed by atoms with Gasteiger partial charge < -0.3 is 9.64 Å². The number of aryl methyl sites for hydroxylation is 1. The molecule has 0 aromatic carbocycles. The molecule has 0 N–H and O–H groups in total. The Balaban J connectivity index is 1.61. The van der Waals surface area contributed by atoms with Gasteiger partial charge in [0.1, 0.15) is 17.0 Å². The summed E-state index contributed by atoms with van der Waals surface area (Å²) >= 11 is 1.80. The van der Waals surface area contributed by atoms with Crippen molar-refractivity contribution in [2.75, 3.05) is 25.1 Å². The zero-order valence-corrected chi connectivity index (χ0v) is 13.4. The van der Waals surface area contributed by atoms with Crippen LogP contribution in [0.4, 0.5) is 5.82 Å². The van der Waals surface area contributed by atoms with E-state index in [9.17, 15) is 0 Å². The van der Waals surface area contributed by atoms with Crippen LogP contribution in [0.2, 0.25) is 0 Å². The van der Waals surface area contributed by atoms with Crippen molar-refractivity contribution < 1.29 is 4.74 Å². The molecule has 0 amide bonds. The third-order valence-corrected chi connectivity index (χ3v) is 6.29. The maximum atomic E-state index is 5.46. The summed E-state index contributed by atoms with van der Waals surface area (Å²) in [6.45, 7) is 4.43. The van der Waals surface area contributed by atoms with Gasteiger partial charge in [-0.25, -0.2) is 9.97 Å². The lowest BCUT2D eigenvalue weighted by molar-refractivity contribution is -0.0478. The number of aromatic nitrogens is 2. The minimum Gasteiger partial charge on any atom is -0.381 e. The normalized spacial score (nSPS) is 28.5. The van der Waals surface area contributed by atoms with Gasteiger partial charge in [-0.3, -0.25) is 0 Å². The highest BCUT2D eigenvalue weighted by molar-refractivity contribution is 7.18. The van der Waals surface area contributed by atoms with E-state index in [0.717, 1.165) is 30.2 Å². The Morgan fingerprint density at radius 3 is 3.05 bits per heavy atom. The smallest absolute Gasteiger partial charge is 0.140 e. The number of ether oxygens (including phenoxy) is 1. The number of hydrogen-bond acceptors (Lipinski definition) is 5. The van der Waals surface area contributed by atoms with Crippen molar-refractivity contribution in [2.24, 2.45) is 5.41 Å². The van der Waals surface area contributed by atoms with Gasteiger partial charge in [0.05, 0.1) is 11.5 Å². The summed E-state index contributed by atoms with van der Waals surface area (Å²) in [5.41, 5.74) is 0.474. The standard InChI is InChI=1S/C16H21N3OS/c1-3-12-6-13-14(17-10-18-15(13)21-12)19-5-4-16(9-19)7-11(8-16)20-2/h6,10-11H,3-5,7-9H2,1-2H3. The second kappa shape index (κ2) is 4.92. The molecule has 1 aliphatic heterocycles. The Morgan fingerprint density at radius 2 is 2.29 bits per heavy atom. The average Bonchev–Trinajstić information content (AvgIpc) is 3.08. The van der Waals surface area contributed by atoms with Crippen LogP contribution in [0.25, 0.3) is 10.2 Å². The summed E-state index contributed by atoms with van der Waals surface area (Å²) in [4.78, 5) is 14.0. The van der Waals surface area contributed by atoms with E-state index >= 15 is 0 Å². The van der Waals surface area contributed by atoms with Gasteiger partial charge in [-0.05, 0) is 37.2 Å². The number of rotatable bonds is 3. The van der Waals surface area contributed by atoms with Crippen LogP contribution in [0.15, 0.2) is 12.4 Å². The average molecular weight is 303 g/mol. The van der Waals surface area contributed by atoms with Gasteiger partial charge >= 0.3 is 0 Å². The molecule has 0 atom stereocenters. The highest BCUT2D eigenvalue weighted by Crippen LogP contribution is 2.50. The van der Waals surface area contributed by atoms with Crippen molar-refractivity contribution in [3.05, 3.63) is 17.3 Å². The summed E-state index contributed by atoms with van der Waals surface area (Å²) < 4.78 is 5.46. The molecule has 1 saturated carbocycles. The molecule has 4 nitrogen and oxygen atoms in total. The molecule has 2 aromatic heterocycles. The summed E-state index contributed by atoms with van der Waals surface area (Å²) in [5.74, 6) is 1.13. The number of anilines is 1. The summed E-state index contributed by atoms with van der Waals surface area (Å²) in [7, 11) is 1.83. The molecule has 5 heteroatoms. The molecule has 4 rings (SSSR count). The van der Waals surface area contributed by atoms with Gasteiger partial charge in [-0.15, -0.1) is 11.3 Å². The van der Waals surface area contributed by atoms with E-state index < -0.39 is 0 Å². The first-order valence-corrected chi connectivity index (χ1v) is 8.56. The van der Waals surface area contributed by atoms with Crippen LogP contribution in [0, 0.1) is 5.41 Å². The van der Waals surface area contributed by atoms with Crippen LogP contribution in [-0.2, 0) is 11.2 Å². The van der Waals surface area contributed by atoms with Crippen molar-refractivity contribution in [3.8, 4) is 0 Å². The lowest BCUT2D eigenvalue weighted by Gasteiger charge is -2.44. The van der Waals surface area contributed by atoms with Gasteiger partial charge in [0.2, 0.25) is 0 Å². The maximum absolute atomic E-state index is 5.46. The van der Waals surface area contributed by atoms with Crippen LogP contribution < -0.4 is 4.90 Å². The molecule has 2 aliphatic rings. The fourth-order valence-electron chi connectivity index (χ4n) is 3.84. The van der Waals surface area contributed by atoms with Crippen molar-refractivity contribution in [2.45, 2.75) is 38.7 Å². The molecular weight excluding hydrogens is 282 g/mol. The summed E-state index contributed by atoms with van der Waals surface area (Å²) in [6.07, 6.45) is 6.94.